The molecule has 20 heavy (non-hydrogen) atoms. The van der Waals surface area contributed by atoms with Crippen molar-refractivity contribution < 1.29 is 4.79 Å². The summed E-state index contributed by atoms with van der Waals surface area (Å²) in [5.41, 5.74) is 2.01. The van der Waals surface area contributed by atoms with Gasteiger partial charge < -0.3 is 0 Å². The fourth-order valence-corrected chi connectivity index (χ4v) is 6.07. The lowest BCUT2D eigenvalue weighted by atomic mass is 9.49. The van der Waals surface area contributed by atoms with E-state index in [-0.39, 0.29) is 5.41 Å². The van der Waals surface area contributed by atoms with Gasteiger partial charge in [-0.3, -0.25) is 4.79 Å². The van der Waals surface area contributed by atoms with Crippen LogP contribution in [0.25, 0.3) is 0 Å². The quantitative estimate of drug-likeness (QED) is 0.624. The number of fused-ring (bicyclic) bond motifs is 5. The van der Waals surface area contributed by atoms with Crippen molar-refractivity contribution in [3.05, 3.63) is 23.8 Å². The lowest BCUT2D eigenvalue weighted by Gasteiger charge is -2.55. The molecule has 0 heterocycles. The molecule has 0 radical (unpaired) electrons. The maximum absolute atomic E-state index is 12.3. The molecular formula is C19H26O. The molecule has 0 unspecified atom stereocenters. The number of Topliss-reactive ketones (excluding diaryl/α,β-unsaturated/α-hetero) is 1. The first-order chi connectivity index (χ1) is 9.56. The molecule has 2 fully saturated rings. The zero-order valence-corrected chi connectivity index (χ0v) is 12.8. The van der Waals surface area contributed by atoms with Crippen LogP contribution in [0.5, 0.6) is 0 Å². The molecule has 2 saturated carbocycles. The summed E-state index contributed by atoms with van der Waals surface area (Å²) in [6, 6.07) is 0. The van der Waals surface area contributed by atoms with Gasteiger partial charge in [-0.2, -0.15) is 0 Å². The first-order valence-corrected chi connectivity index (χ1v) is 8.46. The molecule has 0 N–H and O–H groups in total. The van der Waals surface area contributed by atoms with E-state index in [1.807, 2.05) is 0 Å². The van der Waals surface area contributed by atoms with Gasteiger partial charge in [0.15, 0.2) is 0 Å². The standard InChI is InChI=1S/C19H26O/c1-18-11-4-3-5-13(18)6-7-14-15-8-9-17(20)19(15,2)12-10-16(14)18/h3,5-6,14-16H,4,7-12H2,1-2H3/t14-,15-,16-,18+,19-/m0/s1. The van der Waals surface area contributed by atoms with Crippen molar-refractivity contribution in [3.8, 4) is 0 Å². The van der Waals surface area contributed by atoms with Crippen LogP contribution >= 0.6 is 0 Å². The van der Waals surface area contributed by atoms with Gasteiger partial charge in [0.05, 0.1) is 0 Å². The third-order valence-corrected chi connectivity index (χ3v) is 7.36. The van der Waals surface area contributed by atoms with E-state index in [0.29, 0.717) is 17.1 Å². The molecule has 4 rings (SSSR count). The summed E-state index contributed by atoms with van der Waals surface area (Å²) in [5, 5.41) is 0. The van der Waals surface area contributed by atoms with Gasteiger partial charge in [0, 0.05) is 11.8 Å². The van der Waals surface area contributed by atoms with E-state index in [0.717, 1.165) is 31.1 Å². The highest BCUT2D eigenvalue weighted by atomic mass is 16.1. The topological polar surface area (TPSA) is 17.1 Å². The summed E-state index contributed by atoms with van der Waals surface area (Å²) in [5.74, 6) is 2.80. The molecule has 1 heteroatoms. The van der Waals surface area contributed by atoms with Crippen molar-refractivity contribution in [1.29, 1.82) is 0 Å². The first-order valence-electron chi connectivity index (χ1n) is 8.46. The van der Waals surface area contributed by atoms with Crippen molar-refractivity contribution in [1.82, 2.24) is 0 Å². The van der Waals surface area contributed by atoms with Crippen LogP contribution in [0.15, 0.2) is 23.8 Å². The van der Waals surface area contributed by atoms with Crippen molar-refractivity contribution in [2.45, 2.75) is 58.8 Å². The van der Waals surface area contributed by atoms with Gasteiger partial charge in [0.1, 0.15) is 5.78 Å². The Bertz CT molecular complexity index is 514. The Morgan fingerprint density at radius 2 is 1.90 bits per heavy atom. The Labute approximate surface area is 122 Å². The molecule has 108 valence electrons. The Morgan fingerprint density at radius 1 is 1.10 bits per heavy atom. The average Bonchev–Trinajstić information content (AvgIpc) is 2.74. The summed E-state index contributed by atoms with van der Waals surface area (Å²) < 4.78 is 0. The summed E-state index contributed by atoms with van der Waals surface area (Å²) in [6.07, 6.45) is 15.4. The van der Waals surface area contributed by atoms with Gasteiger partial charge >= 0.3 is 0 Å². The monoisotopic (exact) mass is 270 g/mol. The highest BCUT2D eigenvalue weighted by Gasteiger charge is 2.57. The minimum absolute atomic E-state index is 0.0212. The van der Waals surface area contributed by atoms with Gasteiger partial charge in [-0.05, 0) is 67.3 Å². The van der Waals surface area contributed by atoms with Crippen LogP contribution in [0.3, 0.4) is 0 Å². The molecule has 4 aliphatic carbocycles. The van der Waals surface area contributed by atoms with E-state index in [2.05, 4.69) is 32.1 Å². The fourth-order valence-electron chi connectivity index (χ4n) is 6.07. The molecule has 4 aliphatic rings. The van der Waals surface area contributed by atoms with Gasteiger partial charge in [0.2, 0.25) is 0 Å². The maximum Gasteiger partial charge on any atom is 0.139 e. The zero-order valence-electron chi connectivity index (χ0n) is 12.8. The van der Waals surface area contributed by atoms with E-state index >= 15 is 0 Å². The molecule has 0 aliphatic heterocycles. The molecular weight excluding hydrogens is 244 g/mol. The van der Waals surface area contributed by atoms with E-state index in [1.165, 1.54) is 25.7 Å². The zero-order chi connectivity index (χ0) is 14.0. The SMILES string of the molecule is C[C@]12CC[C@H]3[C@@H](CC=C4C=CCC[C@]43C)[C@@H]1CCC2=O. The largest absolute Gasteiger partial charge is 0.299 e. The average molecular weight is 270 g/mol. The summed E-state index contributed by atoms with van der Waals surface area (Å²) in [7, 11) is 0. The Morgan fingerprint density at radius 3 is 2.75 bits per heavy atom. The number of rotatable bonds is 0. The fraction of sp³-hybridized carbons (Fsp3) is 0.737. The molecule has 5 atom stereocenters. The molecule has 0 saturated heterocycles. The van der Waals surface area contributed by atoms with Crippen LogP contribution in [-0.2, 0) is 4.79 Å². The third-order valence-electron chi connectivity index (χ3n) is 7.36. The van der Waals surface area contributed by atoms with Crippen molar-refractivity contribution in [2.24, 2.45) is 28.6 Å². The van der Waals surface area contributed by atoms with E-state index in [1.54, 1.807) is 5.57 Å². The van der Waals surface area contributed by atoms with Crippen LogP contribution in [0, 0.1) is 28.6 Å². The smallest absolute Gasteiger partial charge is 0.139 e. The highest BCUT2D eigenvalue weighted by Crippen LogP contribution is 2.63. The third kappa shape index (κ3) is 1.47. The lowest BCUT2D eigenvalue weighted by molar-refractivity contribution is -0.131. The van der Waals surface area contributed by atoms with Crippen molar-refractivity contribution >= 4 is 5.78 Å². The van der Waals surface area contributed by atoms with E-state index < -0.39 is 0 Å². The highest BCUT2D eigenvalue weighted by molar-refractivity contribution is 5.87. The van der Waals surface area contributed by atoms with Crippen LogP contribution in [0.1, 0.15) is 58.8 Å². The number of carbonyl (C=O) groups is 1. The minimum atomic E-state index is 0.0212. The maximum atomic E-state index is 12.3. The number of hydrogen-bond donors (Lipinski definition) is 0. The molecule has 0 aromatic heterocycles. The predicted molar refractivity (Wildman–Crippen MR) is 81.2 cm³/mol. The lowest BCUT2D eigenvalue weighted by Crippen LogP contribution is -2.49. The van der Waals surface area contributed by atoms with E-state index in [9.17, 15) is 4.79 Å². The van der Waals surface area contributed by atoms with Gasteiger partial charge in [-0.15, -0.1) is 0 Å². The van der Waals surface area contributed by atoms with Crippen LogP contribution in [0.2, 0.25) is 0 Å². The van der Waals surface area contributed by atoms with Gasteiger partial charge in [-0.1, -0.05) is 32.1 Å². The predicted octanol–water partition coefficient (Wildman–Crippen LogP) is 4.68. The number of carbonyl (C=O) groups excluding carboxylic acids is 1. The van der Waals surface area contributed by atoms with Crippen molar-refractivity contribution in [3.63, 3.8) is 0 Å². The summed E-state index contributed by atoms with van der Waals surface area (Å²) in [4.78, 5) is 12.3. The molecule has 0 amide bonds. The number of hydrogen-bond acceptors (Lipinski definition) is 1. The van der Waals surface area contributed by atoms with Gasteiger partial charge in [0.25, 0.3) is 0 Å². The van der Waals surface area contributed by atoms with Crippen LogP contribution < -0.4 is 0 Å². The second-order valence-corrected chi connectivity index (χ2v) is 8.05. The summed E-state index contributed by atoms with van der Waals surface area (Å²) >= 11 is 0. The van der Waals surface area contributed by atoms with Crippen LogP contribution in [-0.4, -0.2) is 5.78 Å². The first kappa shape index (κ1) is 12.9. The molecule has 0 spiro atoms. The molecule has 1 nitrogen and oxygen atoms in total. The Kier molecular flexibility index (Phi) is 2.63. The van der Waals surface area contributed by atoms with Crippen molar-refractivity contribution in [2.75, 3.05) is 0 Å². The minimum Gasteiger partial charge on any atom is -0.299 e. The second kappa shape index (κ2) is 4.08. The van der Waals surface area contributed by atoms with Gasteiger partial charge in [-0.25, -0.2) is 0 Å². The molecule has 0 bridgehead atoms. The second-order valence-electron chi connectivity index (χ2n) is 8.05. The summed E-state index contributed by atoms with van der Waals surface area (Å²) in [6.45, 7) is 4.77. The molecule has 0 aromatic rings. The number of allylic oxidation sites excluding steroid dienone is 4. The number of ketones is 1. The van der Waals surface area contributed by atoms with Crippen LogP contribution in [0.4, 0.5) is 0 Å². The Hall–Kier alpha value is -0.850. The van der Waals surface area contributed by atoms with E-state index in [4.69, 9.17) is 0 Å². The Balaban J connectivity index is 1.74. The normalized spacial score (nSPS) is 50.2. The molecule has 0 aromatic carbocycles.